The molecule has 5 aromatic rings. The number of halogens is 1. The predicted molar refractivity (Wildman–Crippen MR) is 119 cm³/mol. The lowest BCUT2D eigenvalue weighted by Crippen LogP contribution is -2.18. The van der Waals surface area contributed by atoms with Crippen LogP contribution in [0.3, 0.4) is 0 Å². The number of carbonyl (C=O) groups excluding carboxylic acids is 1. The number of carbonyl (C=O) groups is 2. The van der Waals surface area contributed by atoms with E-state index in [-0.39, 0.29) is 17.3 Å². The van der Waals surface area contributed by atoms with Gasteiger partial charge in [-0.1, -0.05) is 12.1 Å². The minimum absolute atomic E-state index is 0.160. The van der Waals surface area contributed by atoms with Crippen LogP contribution in [0.2, 0.25) is 0 Å². The van der Waals surface area contributed by atoms with Crippen molar-refractivity contribution < 1.29 is 23.5 Å². The van der Waals surface area contributed by atoms with E-state index in [4.69, 9.17) is 4.42 Å². The van der Waals surface area contributed by atoms with E-state index >= 15 is 0 Å². The van der Waals surface area contributed by atoms with Gasteiger partial charge in [0.2, 0.25) is 0 Å². The Morgan fingerprint density at radius 2 is 1.78 bits per heavy atom. The quantitative estimate of drug-likeness (QED) is 0.355. The summed E-state index contributed by atoms with van der Waals surface area (Å²) in [5, 5.41) is 13.4. The van der Waals surface area contributed by atoms with Crippen LogP contribution in [0.15, 0.2) is 71.3 Å². The Bertz CT molecular complexity index is 1510. The first-order valence-electron chi connectivity index (χ1n) is 9.86. The summed E-state index contributed by atoms with van der Waals surface area (Å²) in [4.78, 5) is 27.5. The van der Waals surface area contributed by atoms with Crippen LogP contribution in [0.4, 0.5) is 4.39 Å². The molecule has 1 amide bonds. The number of carboxylic acids is 1. The van der Waals surface area contributed by atoms with Crippen molar-refractivity contribution in [2.24, 2.45) is 0 Å². The van der Waals surface area contributed by atoms with Crippen LogP contribution in [-0.2, 0) is 0 Å². The zero-order valence-electron chi connectivity index (χ0n) is 16.9. The van der Waals surface area contributed by atoms with Gasteiger partial charge in [0, 0.05) is 35.1 Å². The Kier molecular flexibility index (Phi) is 4.52. The van der Waals surface area contributed by atoms with Crippen LogP contribution in [0, 0.1) is 5.82 Å². The van der Waals surface area contributed by atoms with Gasteiger partial charge in [-0.05, 0) is 54.1 Å². The molecular weight excluding hydrogens is 411 g/mol. The highest BCUT2D eigenvalue weighted by molar-refractivity contribution is 6.19. The number of hydrogen-bond donors (Lipinski definition) is 3. The third-order valence-electron chi connectivity index (χ3n) is 5.48. The van der Waals surface area contributed by atoms with E-state index in [0.717, 1.165) is 16.5 Å². The molecule has 6 nitrogen and oxygen atoms in total. The summed E-state index contributed by atoms with van der Waals surface area (Å²) in [5.41, 5.74) is 3.74. The van der Waals surface area contributed by atoms with Gasteiger partial charge in [-0.2, -0.15) is 0 Å². The average Bonchev–Trinajstić information content (AvgIpc) is 3.43. The fourth-order valence-electron chi connectivity index (χ4n) is 3.98. The summed E-state index contributed by atoms with van der Waals surface area (Å²) in [6, 6.07) is 16.0. The maximum atomic E-state index is 13.5. The van der Waals surface area contributed by atoms with E-state index in [1.165, 1.54) is 25.2 Å². The number of fused-ring (bicyclic) bond motifs is 3. The Morgan fingerprint density at radius 1 is 1.00 bits per heavy atom. The van der Waals surface area contributed by atoms with E-state index in [1.54, 1.807) is 30.5 Å². The molecule has 0 bridgehead atoms. The summed E-state index contributed by atoms with van der Waals surface area (Å²) in [6.45, 7) is 0. The molecule has 0 aliphatic heterocycles. The number of rotatable bonds is 4. The molecule has 3 aromatic carbocycles. The largest absolute Gasteiger partial charge is 0.478 e. The maximum absolute atomic E-state index is 13.5. The Morgan fingerprint density at radius 3 is 2.50 bits per heavy atom. The van der Waals surface area contributed by atoms with Crippen LogP contribution >= 0.6 is 0 Å². The fraction of sp³-hybridized carbons (Fsp3) is 0.0400. The first kappa shape index (κ1) is 19.6. The highest BCUT2D eigenvalue weighted by Gasteiger charge is 2.25. The topological polar surface area (TPSA) is 95.3 Å². The minimum atomic E-state index is -1.02. The van der Waals surface area contributed by atoms with E-state index in [9.17, 15) is 19.1 Å². The molecule has 5 rings (SSSR count). The van der Waals surface area contributed by atoms with Crippen LogP contribution < -0.4 is 5.32 Å². The van der Waals surface area contributed by atoms with Gasteiger partial charge in [-0.3, -0.25) is 4.79 Å². The zero-order chi connectivity index (χ0) is 22.4. The molecule has 0 atom stereocenters. The van der Waals surface area contributed by atoms with Crippen LogP contribution in [-0.4, -0.2) is 29.0 Å². The number of H-pyrrole nitrogens is 1. The maximum Gasteiger partial charge on any atom is 0.335 e. The van der Waals surface area contributed by atoms with Crippen molar-refractivity contribution in [3.05, 3.63) is 83.8 Å². The third kappa shape index (κ3) is 3.02. The molecule has 0 radical (unpaired) electrons. The van der Waals surface area contributed by atoms with Crippen molar-refractivity contribution >= 4 is 33.7 Å². The Hall–Kier alpha value is -4.39. The third-order valence-corrected chi connectivity index (χ3v) is 5.48. The molecule has 0 aliphatic rings. The lowest BCUT2D eigenvalue weighted by molar-refractivity contribution is 0.0696. The molecule has 0 saturated carbocycles. The van der Waals surface area contributed by atoms with Crippen molar-refractivity contribution in [2.75, 3.05) is 7.05 Å². The first-order chi connectivity index (χ1) is 15.5. The van der Waals surface area contributed by atoms with E-state index in [2.05, 4.69) is 10.3 Å². The van der Waals surface area contributed by atoms with Gasteiger partial charge in [0.1, 0.15) is 17.2 Å². The normalized spacial score (nSPS) is 11.2. The number of amides is 1. The molecule has 3 N–H and O–H groups in total. The molecule has 7 heteroatoms. The number of aromatic amines is 1. The van der Waals surface area contributed by atoms with Gasteiger partial charge in [0.05, 0.1) is 16.6 Å². The van der Waals surface area contributed by atoms with Crippen molar-refractivity contribution in [3.8, 4) is 22.5 Å². The molecule has 0 unspecified atom stereocenters. The summed E-state index contributed by atoms with van der Waals surface area (Å²) < 4.78 is 19.6. The fourth-order valence-corrected chi connectivity index (χ4v) is 3.98. The van der Waals surface area contributed by atoms with Gasteiger partial charge in [0.25, 0.3) is 5.91 Å². The average molecular weight is 428 g/mol. The Labute approximate surface area is 181 Å². The van der Waals surface area contributed by atoms with Gasteiger partial charge >= 0.3 is 5.97 Å². The predicted octanol–water partition coefficient (Wildman–Crippen LogP) is 5.45. The summed E-state index contributed by atoms with van der Waals surface area (Å²) in [6.07, 6.45) is 1.76. The molecule has 0 fully saturated rings. The molecule has 0 spiro atoms. The second kappa shape index (κ2) is 7.39. The van der Waals surface area contributed by atoms with E-state index in [1.807, 2.05) is 18.2 Å². The van der Waals surface area contributed by atoms with Crippen molar-refractivity contribution in [2.45, 2.75) is 0 Å². The van der Waals surface area contributed by atoms with Gasteiger partial charge in [-0.15, -0.1) is 0 Å². The molecule has 2 heterocycles. The monoisotopic (exact) mass is 428 g/mol. The van der Waals surface area contributed by atoms with Crippen molar-refractivity contribution in [3.63, 3.8) is 0 Å². The number of furan rings is 1. The van der Waals surface area contributed by atoms with Gasteiger partial charge < -0.3 is 19.8 Å². The van der Waals surface area contributed by atoms with Crippen LogP contribution in [0.5, 0.6) is 0 Å². The second-order valence-corrected chi connectivity index (χ2v) is 7.35. The smallest absolute Gasteiger partial charge is 0.335 e. The van der Waals surface area contributed by atoms with E-state index in [0.29, 0.717) is 33.4 Å². The second-order valence-electron chi connectivity index (χ2n) is 7.35. The number of benzene rings is 3. The van der Waals surface area contributed by atoms with Gasteiger partial charge in [0.15, 0.2) is 0 Å². The lowest BCUT2D eigenvalue weighted by atomic mass is 9.96. The van der Waals surface area contributed by atoms with Crippen LogP contribution in [0.1, 0.15) is 20.7 Å². The number of carboxylic acid groups (broad SMARTS) is 1. The Balaban J connectivity index is 1.86. The standard InChI is InChI=1S/C25H17FN2O4/c1-27-24(29)20-19-12-18(14-3-2-4-15(11-14)25(30)31)21-17(9-10-28-21)23(19)32-22(20)13-5-7-16(26)8-6-13/h2-12,28H,1H3,(H,27,29)(H,30,31). The molecule has 0 aliphatic carbocycles. The SMILES string of the molecule is CNC(=O)c1c(-c2ccc(F)cc2)oc2c1cc(-c1cccc(C(=O)O)c1)c1[nH]ccc12. The summed E-state index contributed by atoms with van der Waals surface area (Å²) in [7, 11) is 1.53. The minimum Gasteiger partial charge on any atom is -0.478 e. The number of hydrogen-bond acceptors (Lipinski definition) is 3. The molecule has 32 heavy (non-hydrogen) atoms. The highest BCUT2D eigenvalue weighted by Crippen LogP contribution is 2.41. The number of nitrogens with one attached hydrogen (secondary N) is 2. The van der Waals surface area contributed by atoms with Gasteiger partial charge in [-0.25, -0.2) is 9.18 Å². The molecule has 158 valence electrons. The first-order valence-corrected chi connectivity index (χ1v) is 9.86. The summed E-state index contributed by atoms with van der Waals surface area (Å²) >= 11 is 0. The number of aromatic nitrogens is 1. The highest BCUT2D eigenvalue weighted by atomic mass is 19.1. The zero-order valence-corrected chi connectivity index (χ0v) is 16.9. The summed E-state index contributed by atoms with van der Waals surface area (Å²) in [5.74, 6) is -1.43. The van der Waals surface area contributed by atoms with Crippen LogP contribution in [0.25, 0.3) is 44.3 Å². The van der Waals surface area contributed by atoms with Crippen molar-refractivity contribution in [1.82, 2.24) is 10.3 Å². The molecular formula is C25H17FN2O4. The lowest BCUT2D eigenvalue weighted by Gasteiger charge is -2.07. The van der Waals surface area contributed by atoms with E-state index < -0.39 is 5.97 Å². The molecule has 2 aromatic heterocycles. The van der Waals surface area contributed by atoms with Crippen molar-refractivity contribution in [1.29, 1.82) is 0 Å². The number of aromatic carboxylic acids is 1. The molecule has 0 saturated heterocycles.